The average molecular weight is 374 g/mol. The number of likely N-dealkylation sites (tertiary alicyclic amines) is 1. The van der Waals surface area contributed by atoms with Gasteiger partial charge in [-0.1, -0.05) is 13.3 Å². The minimum atomic E-state index is -3.31. The number of hydrogen-bond donors (Lipinski definition) is 1. The lowest BCUT2D eigenvalue weighted by Gasteiger charge is -2.19. The first-order chi connectivity index (χ1) is 11.4. The van der Waals surface area contributed by atoms with Crippen LogP contribution in [0.4, 0.5) is 0 Å². The molecular weight excluding hydrogens is 352 g/mol. The van der Waals surface area contributed by atoms with E-state index < -0.39 is 10.0 Å². The van der Waals surface area contributed by atoms with Crippen LogP contribution >= 0.6 is 11.3 Å². The minimum absolute atomic E-state index is 0.120. The zero-order valence-electron chi connectivity index (χ0n) is 13.8. The summed E-state index contributed by atoms with van der Waals surface area (Å²) in [5.41, 5.74) is 0. The van der Waals surface area contributed by atoms with Gasteiger partial charge in [0.25, 0.3) is 5.91 Å². The third-order valence-electron chi connectivity index (χ3n) is 4.25. The summed E-state index contributed by atoms with van der Waals surface area (Å²) >= 11 is 1.31. The van der Waals surface area contributed by atoms with Crippen LogP contribution in [0.5, 0.6) is 11.5 Å². The molecule has 1 N–H and O–H groups in total. The molecule has 0 aliphatic carbocycles. The molecule has 0 aromatic carbocycles. The Morgan fingerprint density at radius 2 is 2.12 bits per heavy atom. The van der Waals surface area contributed by atoms with Crippen molar-refractivity contribution in [1.82, 2.24) is 9.62 Å². The molecule has 134 valence electrons. The fourth-order valence-corrected chi connectivity index (χ4v) is 4.98. The zero-order chi connectivity index (χ0) is 17.3. The number of amides is 1. The summed E-state index contributed by atoms with van der Waals surface area (Å²) in [5.74, 6) is 1.14. The van der Waals surface area contributed by atoms with Gasteiger partial charge in [0.15, 0.2) is 11.5 Å². The second-order valence-electron chi connectivity index (χ2n) is 6.21. The molecule has 1 aromatic rings. The average Bonchev–Trinajstić information content (AvgIpc) is 3.10. The summed E-state index contributed by atoms with van der Waals surface area (Å²) in [7, 11) is -3.31. The van der Waals surface area contributed by atoms with Crippen molar-refractivity contribution in [2.45, 2.75) is 25.8 Å². The number of fused-ring (bicyclic) bond motifs is 1. The molecule has 3 heterocycles. The molecule has 2 atom stereocenters. The Hall–Kier alpha value is -1.32. The Morgan fingerprint density at radius 1 is 1.38 bits per heavy atom. The van der Waals surface area contributed by atoms with E-state index in [1.807, 2.05) is 0 Å². The number of nitrogens with zero attached hydrogens (tertiary/aromatic N) is 1. The van der Waals surface area contributed by atoms with E-state index in [9.17, 15) is 13.2 Å². The van der Waals surface area contributed by atoms with Gasteiger partial charge < -0.3 is 14.4 Å². The van der Waals surface area contributed by atoms with Crippen LogP contribution in [0.1, 0.15) is 29.4 Å². The highest BCUT2D eigenvalue weighted by Gasteiger charge is 2.38. The molecule has 1 amide bonds. The van der Waals surface area contributed by atoms with E-state index in [0.29, 0.717) is 42.7 Å². The van der Waals surface area contributed by atoms with E-state index in [1.165, 1.54) is 11.3 Å². The van der Waals surface area contributed by atoms with Gasteiger partial charge in [0, 0.05) is 24.5 Å². The topological polar surface area (TPSA) is 84.9 Å². The van der Waals surface area contributed by atoms with Gasteiger partial charge in [-0.05, 0) is 12.3 Å². The predicted molar refractivity (Wildman–Crippen MR) is 91.4 cm³/mol. The molecule has 1 saturated heterocycles. The highest BCUT2D eigenvalue weighted by atomic mass is 32.2. The molecule has 9 heteroatoms. The molecule has 2 aliphatic heterocycles. The van der Waals surface area contributed by atoms with Gasteiger partial charge in [-0.25, -0.2) is 13.1 Å². The van der Waals surface area contributed by atoms with E-state index in [-0.39, 0.29) is 17.9 Å². The van der Waals surface area contributed by atoms with Gasteiger partial charge in [-0.2, -0.15) is 0 Å². The Morgan fingerprint density at radius 3 is 2.83 bits per heavy atom. The lowest BCUT2D eigenvalue weighted by Crippen LogP contribution is -2.40. The molecule has 1 aromatic heterocycles. The number of carbonyl (C=O) groups is 1. The molecule has 2 aliphatic rings. The van der Waals surface area contributed by atoms with Crippen LogP contribution in [0.15, 0.2) is 5.38 Å². The van der Waals surface area contributed by atoms with Crippen LogP contribution in [0.25, 0.3) is 0 Å². The van der Waals surface area contributed by atoms with Crippen molar-refractivity contribution in [1.29, 1.82) is 0 Å². The normalized spacial score (nSPS) is 23.5. The number of sulfonamides is 1. The van der Waals surface area contributed by atoms with E-state index in [0.717, 1.165) is 19.1 Å². The van der Waals surface area contributed by atoms with Crippen LogP contribution in [0.3, 0.4) is 0 Å². The number of nitrogens with one attached hydrogen (secondary N) is 1. The first kappa shape index (κ1) is 17.5. The second kappa shape index (κ2) is 6.89. The Kier molecular flexibility index (Phi) is 5.03. The highest BCUT2D eigenvalue weighted by molar-refractivity contribution is 7.88. The summed E-state index contributed by atoms with van der Waals surface area (Å²) in [6.07, 6.45) is 2.97. The number of thiophene rings is 1. The minimum Gasteiger partial charge on any atom is -0.485 e. The summed E-state index contributed by atoms with van der Waals surface area (Å²) in [4.78, 5) is 15.1. The largest absolute Gasteiger partial charge is 0.485 e. The molecule has 0 bridgehead atoms. The molecule has 0 radical (unpaired) electrons. The molecule has 0 unspecified atom stereocenters. The van der Waals surface area contributed by atoms with Crippen LogP contribution in [-0.2, 0) is 10.0 Å². The summed E-state index contributed by atoms with van der Waals surface area (Å²) < 4.78 is 36.9. The number of hydrogen-bond acceptors (Lipinski definition) is 6. The maximum Gasteiger partial charge on any atom is 0.267 e. The third-order valence-corrected chi connectivity index (χ3v) is 5.91. The first-order valence-corrected chi connectivity index (χ1v) is 10.8. The molecule has 0 spiro atoms. The Balaban J connectivity index is 1.77. The monoisotopic (exact) mass is 374 g/mol. The Labute approximate surface area is 146 Å². The van der Waals surface area contributed by atoms with Crippen molar-refractivity contribution in [3.63, 3.8) is 0 Å². The van der Waals surface area contributed by atoms with Gasteiger partial charge in [0.05, 0.1) is 6.26 Å². The molecular formula is C15H22N2O5S2. The van der Waals surface area contributed by atoms with E-state index in [1.54, 1.807) is 10.3 Å². The lowest BCUT2D eigenvalue weighted by molar-refractivity contribution is 0.0781. The van der Waals surface area contributed by atoms with Gasteiger partial charge in [0.2, 0.25) is 10.0 Å². The van der Waals surface area contributed by atoms with Crippen molar-refractivity contribution in [3.8, 4) is 11.5 Å². The molecule has 1 fully saturated rings. The first-order valence-electron chi connectivity index (χ1n) is 8.02. The van der Waals surface area contributed by atoms with Crippen LogP contribution in [0, 0.1) is 5.92 Å². The van der Waals surface area contributed by atoms with Crippen LogP contribution in [0.2, 0.25) is 0 Å². The lowest BCUT2D eigenvalue weighted by atomic mass is 9.99. The van der Waals surface area contributed by atoms with Gasteiger partial charge in [-0.3, -0.25) is 4.79 Å². The zero-order valence-corrected chi connectivity index (χ0v) is 15.4. The van der Waals surface area contributed by atoms with E-state index >= 15 is 0 Å². The molecule has 0 saturated carbocycles. The molecule has 7 nitrogen and oxygen atoms in total. The van der Waals surface area contributed by atoms with Gasteiger partial charge in [0.1, 0.15) is 18.1 Å². The maximum absolute atomic E-state index is 12.9. The summed E-state index contributed by atoms with van der Waals surface area (Å²) in [6.45, 7) is 3.90. The molecule has 24 heavy (non-hydrogen) atoms. The van der Waals surface area contributed by atoms with Crippen molar-refractivity contribution >= 4 is 27.3 Å². The van der Waals surface area contributed by atoms with Gasteiger partial charge >= 0.3 is 0 Å². The highest BCUT2D eigenvalue weighted by Crippen LogP contribution is 2.40. The smallest absolute Gasteiger partial charge is 0.267 e. The van der Waals surface area contributed by atoms with E-state index in [2.05, 4.69) is 11.6 Å². The van der Waals surface area contributed by atoms with Crippen molar-refractivity contribution in [2.24, 2.45) is 5.92 Å². The van der Waals surface area contributed by atoms with Gasteiger partial charge in [-0.15, -0.1) is 11.3 Å². The number of ether oxygens (including phenoxy) is 2. The standard InChI is InChI=1S/C15H22N2O5S2/c1-3-4-10-7-17(8-11(10)16-24(2,19)20)15(18)14-13-12(9-23-14)21-5-6-22-13/h9-11,16H,3-8H2,1-2H3/t10-,11-/m1/s1. The van der Waals surface area contributed by atoms with Crippen molar-refractivity contribution in [2.75, 3.05) is 32.6 Å². The van der Waals surface area contributed by atoms with Crippen LogP contribution < -0.4 is 14.2 Å². The fraction of sp³-hybridized carbons (Fsp3) is 0.667. The third kappa shape index (κ3) is 3.68. The van der Waals surface area contributed by atoms with Crippen molar-refractivity contribution in [3.05, 3.63) is 10.3 Å². The second-order valence-corrected chi connectivity index (χ2v) is 8.87. The van der Waals surface area contributed by atoms with Crippen LogP contribution in [-0.4, -0.2) is 57.8 Å². The maximum atomic E-state index is 12.9. The predicted octanol–water partition coefficient (Wildman–Crippen LogP) is 1.31. The Bertz CT molecular complexity index is 715. The summed E-state index contributed by atoms with van der Waals surface area (Å²) in [5, 5.41) is 1.79. The van der Waals surface area contributed by atoms with Crippen molar-refractivity contribution < 1.29 is 22.7 Å². The fourth-order valence-electron chi connectivity index (χ4n) is 3.26. The quantitative estimate of drug-likeness (QED) is 0.840. The summed E-state index contributed by atoms with van der Waals surface area (Å²) in [6, 6.07) is -0.239. The number of rotatable bonds is 5. The number of carbonyl (C=O) groups excluding carboxylic acids is 1. The van der Waals surface area contributed by atoms with E-state index in [4.69, 9.17) is 9.47 Å². The SMILES string of the molecule is CCC[C@@H]1CN(C(=O)c2scc3c2OCCO3)C[C@H]1NS(C)(=O)=O. The molecule has 3 rings (SSSR count).